The normalized spacial score (nSPS) is 16.6. The van der Waals surface area contributed by atoms with Crippen LogP contribution >= 0.6 is 0 Å². The van der Waals surface area contributed by atoms with Crippen molar-refractivity contribution in [1.29, 1.82) is 0 Å². The van der Waals surface area contributed by atoms with Gasteiger partial charge in [0.15, 0.2) is 0 Å². The molecule has 0 N–H and O–H groups in total. The van der Waals surface area contributed by atoms with Crippen LogP contribution in [0.3, 0.4) is 0 Å². The molecule has 0 aliphatic carbocycles. The monoisotopic (exact) mass is 164 g/mol. The van der Waals surface area contributed by atoms with E-state index < -0.39 is 11.8 Å². The maximum absolute atomic E-state index is 13.0. The third kappa shape index (κ3) is 5.16. The van der Waals surface area contributed by atoms with E-state index >= 15 is 0 Å². The first-order valence-corrected chi connectivity index (χ1v) is 3.96. The molecule has 1 atom stereocenters. The second kappa shape index (κ2) is 3.08. The van der Waals surface area contributed by atoms with Gasteiger partial charge in [-0.25, -0.2) is 8.78 Å². The minimum absolute atomic E-state index is 0.136. The average molecular weight is 164 g/mol. The van der Waals surface area contributed by atoms with Crippen LogP contribution in [0.5, 0.6) is 0 Å². The summed E-state index contributed by atoms with van der Waals surface area (Å²) < 4.78 is 26.0. The zero-order valence-corrected chi connectivity index (χ0v) is 8.04. The molecule has 0 aromatic rings. The molecule has 0 rings (SSSR count). The Morgan fingerprint density at radius 3 is 1.55 bits per heavy atom. The van der Waals surface area contributed by atoms with E-state index in [-0.39, 0.29) is 11.8 Å². The van der Waals surface area contributed by atoms with E-state index in [9.17, 15) is 8.78 Å². The first kappa shape index (κ1) is 10.9. The van der Waals surface area contributed by atoms with Gasteiger partial charge < -0.3 is 0 Å². The molecule has 0 aliphatic heterocycles. The van der Waals surface area contributed by atoms with Gasteiger partial charge >= 0.3 is 0 Å². The molecule has 0 bridgehead atoms. The van der Waals surface area contributed by atoms with Crippen molar-refractivity contribution in [3.63, 3.8) is 0 Å². The quantitative estimate of drug-likeness (QED) is 0.586. The van der Waals surface area contributed by atoms with Crippen LogP contribution in [0.2, 0.25) is 0 Å². The molecule has 0 saturated heterocycles. The first-order valence-electron chi connectivity index (χ1n) is 3.96. The van der Waals surface area contributed by atoms with Crippen LogP contribution in [0.4, 0.5) is 8.78 Å². The van der Waals surface area contributed by atoms with Crippen molar-refractivity contribution in [3.05, 3.63) is 0 Å². The summed E-state index contributed by atoms with van der Waals surface area (Å²) in [4.78, 5) is 0. The molecule has 1 unspecified atom stereocenters. The van der Waals surface area contributed by atoms with Gasteiger partial charge in [-0.3, -0.25) is 0 Å². The van der Waals surface area contributed by atoms with Crippen LogP contribution in [0.15, 0.2) is 0 Å². The third-order valence-electron chi connectivity index (χ3n) is 1.54. The highest BCUT2D eigenvalue weighted by Gasteiger charge is 2.32. The van der Waals surface area contributed by atoms with Gasteiger partial charge in [-0.2, -0.15) is 0 Å². The van der Waals surface area contributed by atoms with Gasteiger partial charge in [0, 0.05) is 0 Å². The van der Waals surface area contributed by atoms with Gasteiger partial charge in [0.05, 0.1) is 0 Å². The van der Waals surface area contributed by atoms with Crippen molar-refractivity contribution < 1.29 is 8.78 Å². The fourth-order valence-corrected chi connectivity index (χ4v) is 0.780. The summed E-state index contributed by atoms with van der Waals surface area (Å²) in [6.07, 6.45) is -1.08. The summed E-state index contributed by atoms with van der Waals surface area (Å²) in [6, 6.07) is 0. The molecule has 0 aromatic heterocycles. The van der Waals surface area contributed by atoms with Crippen molar-refractivity contribution in [1.82, 2.24) is 0 Å². The lowest BCUT2D eigenvalue weighted by Crippen LogP contribution is -2.31. The summed E-state index contributed by atoms with van der Waals surface area (Å²) in [6.45, 7) is 8.29. The van der Waals surface area contributed by atoms with Crippen LogP contribution in [0.25, 0.3) is 0 Å². The van der Waals surface area contributed by atoms with Crippen LogP contribution in [-0.4, -0.2) is 11.8 Å². The standard InChI is InChI=1S/C9H18F2/c1-8(2,3)6-7(10)9(4,5)11/h7H,6H2,1-5H3. The molecule has 0 spiro atoms. The highest BCUT2D eigenvalue weighted by atomic mass is 19.2. The minimum Gasteiger partial charge on any atom is -0.244 e. The molecule has 0 fully saturated rings. The molecule has 0 aromatic carbocycles. The molecular weight excluding hydrogens is 146 g/mol. The first-order chi connectivity index (χ1) is 4.63. The Balaban J connectivity index is 3.99. The van der Waals surface area contributed by atoms with Crippen LogP contribution in [-0.2, 0) is 0 Å². The average Bonchev–Trinajstić information content (AvgIpc) is 1.56. The summed E-state index contributed by atoms with van der Waals surface area (Å²) in [5, 5.41) is 0. The Kier molecular flexibility index (Phi) is 3.04. The summed E-state index contributed by atoms with van der Waals surface area (Å²) in [5.74, 6) is 0. The van der Waals surface area contributed by atoms with Crippen LogP contribution in [0.1, 0.15) is 41.0 Å². The van der Waals surface area contributed by atoms with Gasteiger partial charge in [0.1, 0.15) is 11.8 Å². The van der Waals surface area contributed by atoms with E-state index in [2.05, 4.69) is 0 Å². The maximum atomic E-state index is 13.0. The molecule has 0 saturated carbocycles. The zero-order valence-electron chi connectivity index (χ0n) is 8.04. The summed E-state index contributed by atoms with van der Waals surface area (Å²) in [7, 11) is 0. The molecule has 0 aliphatic rings. The van der Waals surface area contributed by atoms with Crippen molar-refractivity contribution in [2.45, 2.75) is 52.9 Å². The molecule has 0 amide bonds. The van der Waals surface area contributed by atoms with Crippen molar-refractivity contribution in [2.24, 2.45) is 5.41 Å². The lowest BCUT2D eigenvalue weighted by Gasteiger charge is -2.26. The molecule has 0 radical (unpaired) electrons. The van der Waals surface area contributed by atoms with E-state index in [1.54, 1.807) is 0 Å². The van der Waals surface area contributed by atoms with E-state index in [4.69, 9.17) is 0 Å². The van der Waals surface area contributed by atoms with E-state index in [0.717, 1.165) is 0 Å². The Hall–Kier alpha value is -0.140. The van der Waals surface area contributed by atoms with Gasteiger partial charge in [-0.1, -0.05) is 20.8 Å². The second-order valence-electron chi connectivity index (χ2n) is 4.80. The Morgan fingerprint density at radius 1 is 1.09 bits per heavy atom. The number of hydrogen-bond donors (Lipinski definition) is 0. The molecule has 11 heavy (non-hydrogen) atoms. The lowest BCUT2D eigenvalue weighted by atomic mass is 9.85. The summed E-state index contributed by atoms with van der Waals surface area (Å²) in [5.41, 5.74) is -1.84. The fourth-order valence-electron chi connectivity index (χ4n) is 0.780. The molecule has 68 valence electrons. The van der Waals surface area contributed by atoms with Gasteiger partial charge in [-0.15, -0.1) is 0 Å². The van der Waals surface area contributed by atoms with Crippen molar-refractivity contribution in [2.75, 3.05) is 0 Å². The van der Waals surface area contributed by atoms with E-state index in [1.807, 2.05) is 20.8 Å². The zero-order chi connectivity index (χ0) is 9.28. The Labute approximate surface area is 68.0 Å². The van der Waals surface area contributed by atoms with Gasteiger partial charge in [0.2, 0.25) is 0 Å². The molecule has 0 heterocycles. The second-order valence-corrected chi connectivity index (χ2v) is 4.80. The van der Waals surface area contributed by atoms with Crippen LogP contribution in [0, 0.1) is 5.41 Å². The number of rotatable bonds is 2. The molecule has 2 heteroatoms. The Morgan fingerprint density at radius 2 is 1.45 bits per heavy atom. The van der Waals surface area contributed by atoms with Crippen molar-refractivity contribution in [3.8, 4) is 0 Å². The van der Waals surface area contributed by atoms with Gasteiger partial charge in [0.25, 0.3) is 0 Å². The van der Waals surface area contributed by atoms with Crippen LogP contribution < -0.4 is 0 Å². The van der Waals surface area contributed by atoms with E-state index in [0.29, 0.717) is 0 Å². The number of alkyl halides is 2. The minimum atomic E-state index is -1.70. The molecular formula is C9H18F2. The number of hydrogen-bond acceptors (Lipinski definition) is 0. The SMILES string of the molecule is CC(C)(C)CC(F)C(C)(C)F. The molecule has 0 nitrogen and oxygen atoms in total. The highest BCUT2D eigenvalue weighted by molar-refractivity contribution is 4.81. The largest absolute Gasteiger partial charge is 0.244 e. The van der Waals surface area contributed by atoms with Gasteiger partial charge in [-0.05, 0) is 25.7 Å². The third-order valence-corrected chi connectivity index (χ3v) is 1.54. The maximum Gasteiger partial charge on any atom is 0.136 e. The highest BCUT2D eigenvalue weighted by Crippen LogP contribution is 2.29. The summed E-state index contributed by atoms with van der Waals surface area (Å²) >= 11 is 0. The smallest absolute Gasteiger partial charge is 0.136 e. The number of halogens is 2. The fraction of sp³-hybridized carbons (Fsp3) is 1.00. The Bertz CT molecular complexity index is 117. The van der Waals surface area contributed by atoms with Crippen molar-refractivity contribution >= 4 is 0 Å². The predicted molar refractivity (Wildman–Crippen MR) is 44.2 cm³/mol. The lowest BCUT2D eigenvalue weighted by molar-refractivity contribution is 0.0549. The topological polar surface area (TPSA) is 0 Å². The van der Waals surface area contributed by atoms with E-state index in [1.165, 1.54) is 13.8 Å². The predicted octanol–water partition coefficient (Wildman–Crippen LogP) is 3.51.